The fraction of sp³-hybridized carbons (Fsp3) is 0.231. The van der Waals surface area contributed by atoms with Gasteiger partial charge in [0, 0.05) is 19.6 Å². The lowest BCUT2D eigenvalue weighted by Crippen LogP contribution is -2.45. The highest BCUT2D eigenvalue weighted by molar-refractivity contribution is 6.01. The van der Waals surface area contributed by atoms with Crippen LogP contribution in [0.3, 0.4) is 0 Å². The maximum Gasteiger partial charge on any atom is 0.332 e. The second-order valence-electron chi connectivity index (χ2n) is 7.86. The van der Waals surface area contributed by atoms with Gasteiger partial charge in [0.25, 0.3) is 5.56 Å². The summed E-state index contributed by atoms with van der Waals surface area (Å²) in [6.07, 6.45) is 1.66. The van der Waals surface area contributed by atoms with E-state index in [1.807, 2.05) is 36.4 Å². The Labute approximate surface area is 197 Å². The van der Waals surface area contributed by atoms with Crippen LogP contribution in [-0.4, -0.2) is 32.9 Å². The third-order valence-corrected chi connectivity index (χ3v) is 5.46. The van der Waals surface area contributed by atoms with E-state index in [1.54, 1.807) is 36.1 Å². The highest BCUT2D eigenvalue weighted by Gasteiger charge is 2.24. The summed E-state index contributed by atoms with van der Waals surface area (Å²) in [6.45, 7) is 6.34. The van der Waals surface area contributed by atoms with Gasteiger partial charge < -0.3 is 5.73 Å². The summed E-state index contributed by atoms with van der Waals surface area (Å²) < 4.78 is 2.29. The molecule has 0 unspecified atom stereocenters. The number of nitrogens with two attached hydrogens (primary N) is 1. The average Bonchev–Trinajstić information content (AvgIpc) is 2.83. The van der Waals surface area contributed by atoms with Crippen molar-refractivity contribution < 1.29 is 4.79 Å². The summed E-state index contributed by atoms with van der Waals surface area (Å²) in [5.41, 5.74) is 7.00. The fourth-order valence-electron chi connectivity index (χ4n) is 3.82. The predicted octanol–water partition coefficient (Wildman–Crippen LogP) is 2.40. The minimum absolute atomic E-state index is 0.102. The maximum atomic E-state index is 13.3. The number of carbonyl (C=O) groups excluding carboxylic acids is 1. The predicted molar refractivity (Wildman–Crippen MR) is 132 cm³/mol. The molecule has 34 heavy (non-hydrogen) atoms. The zero-order valence-electron chi connectivity index (χ0n) is 19.1. The van der Waals surface area contributed by atoms with Crippen molar-refractivity contribution >= 4 is 11.6 Å². The molecule has 2 N–H and O–H groups in total. The molecule has 0 atom stereocenters. The summed E-state index contributed by atoms with van der Waals surface area (Å²) in [7, 11) is 0. The van der Waals surface area contributed by atoms with E-state index in [4.69, 9.17) is 11.0 Å². The van der Waals surface area contributed by atoms with Gasteiger partial charge in [-0.3, -0.25) is 23.6 Å². The molecule has 0 aliphatic rings. The Morgan fingerprint density at radius 1 is 1.12 bits per heavy atom. The number of benzene rings is 2. The lowest BCUT2D eigenvalue weighted by Gasteiger charge is -2.21. The van der Waals surface area contributed by atoms with Crippen LogP contribution in [0.25, 0.3) is 0 Å². The zero-order valence-corrected chi connectivity index (χ0v) is 19.1. The van der Waals surface area contributed by atoms with Crippen LogP contribution in [0.2, 0.25) is 0 Å². The van der Waals surface area contributed by atoms with E-state index in [-0.39, 0.29) is 31.0 Å². The summed E-state index contributed by atoms with van der Waals surface area (Å²) in [6, 6.07) is 18.4. The highest BCUT2D eigenvalue weighted by atomic mass is 16.2. The smallest absolute Gasteiger partial charge is 0.332 e. The van der Waals surface area contributed by atoms with Crippen LogP contribution >= 0.6 is 0 Å². The van der Waals surface area contributed by atoms with Crippen LogP contribution in [0.15, 0.2) is 76.8 Å². The van der Waals surface area contributed by atoms with Crippen LogP contribution in [0.5, 0.6) is 0 Å². The standard InChI is InChI=1S/C26H27N5O3/c1-3-13-29(16-21-12-8-11-20(14-21)15-27)18-22(32)23-24(28)31(17-19-9-6-5-7-10-19)26(34)30(4-2)25(23)33/h3,5-12,14H,1,4,13,16-18,28H2,2H3. The minimum atomic E-state index is -0.690. The normalized spacial score (nSPS) is 10.7. The van der Waals surface area contributed by atoms with Crippen LogP contribution < -0.4 is 17.0 Å². The van der Waals surface area contributed by atoms with Gasteiger partial charge >= 0.3 is 5.69 Å². The first-order valence-corrected chi connectivity index (χ1v) is 10.9. The first kappa shape index (κ1) is 24.4. The topological polar surface area (TPSA) is 114 Å². The molecular formula is C26H27N5O3. The van der Waals surface area contributed by atoms with E-state index in [0.29, 0.717) is 18.7 Å². The van der Waals surface area contributed by atoms with Crippen LogP contribution in [0, 0.1) is 11.3 Å². The molecule has 0 bridgehead atoms. The zero-order chi connectivity index (χ0) is 24.7. The lowest BCUT2D eigenvalue weighted by atomic mass is 10.1. The largest absolute Gasteiger partial charge is 0.384 e. The van der Waals surface area contributed by atoms with Crippen molar-refractivity contribution in [2.45, 2.75) is 26.6 Å². The first-order chi connectivity index (χ1) is 16.4. The second-order valence-corrected chi connectivity index (χ2v) is 7.86. The first-order valence-electron chi connectivity index (χ1n) is 10.9. The fourth-order valence-corrected chi connectivity index (χ4v) is 3.82. The number of nitrogens with zero attached hydrogens (tertiary/aromatic N) is 4. The van der Waals surface area contributed by atoms with Crippen LogP contribution in [0.4, 0.5) is 5.82 Å². The van der Waals surface area contributed by atoms with Gasteiger partial charge in [-0.1, -0.05) is 48.5 Å². The molecule has 1 aromatic heterocycles. The van der Waals surface area contributed by atoms with Gasteiger partial charge in [-0.05, 0) is 30.2 Å². The van der Waals surface area contributed by atoms with Gasteiger partial charge in [0.05, 0.1) is 24.7 Å². The number of hydrogen-bond donors (Lipinski definition) is 1. The van der Waals surface area contributed by atoms with E-state index < -0.39 is 17.0 Å². The van der Waals surface area contributed by atoms with Gasteiger partial charge in [0.15, 0.2) is 5.78 Å². The molecule has 3 rings (SSSR count). The Morgan fingerprint density at radius 2 is 1.82 bits per heavy atom. The summed E-state index contributed by atoms with van der Waals surface area (Å²) in [4.78, 5) is 41.1. The molecule has 0 amide bonds. The van der Waals surface area contributed by atoms with Crippen molar-refractivity contribution in [3.05, 3.63) is 110 Å². The molecule has 0 aliphatic heterocycles. The number of ketones is 1. The highest BCUT2D eigenvalue weighted by Crippen LogP contribution is 2.13. The minimum Gasteiger partial charge on any atom is -0.384 e. The van der Waals surface area contributed by atoms with Gasteiger partial charge in [-0.15, -0.1) is 6.58 Å². The van der Waals surface area contributed by atoms with E-state index in [0.717, 1.165) is 15.7 Å². The Balaban J connectivity index is 1.98. The Hall–Kier alpha value is -4.22. The Bertz CT molecular complexity index is 1350. The molecule has 1 heterocycles. The lowest BCUT2D eigenvalue weighted by molar-refractivity contribution is 0.0932. The number of Topliss-reactive ketones (excluding diaryl/α,β-unsaturated/α-hetero) is 1. The van der Waals surface area contributed by atoms with Crippen molar-refractivity contribution in [3.8, 4) is 6.07 Å². The van der Waals surface area contributed by atoms with Crippen LogP contribution in [-0.2, 0) is 19.6 Å². The molecule has 8 heteroatoms. The van der Waals surface area contributed by atoms with E-state index in [2.05, 4.69) is 12.6 Å². The van der Waals surface area contributed by atoms with Gasteiger partial charge in [0.1, 0.15) is 11.4 Å². The van der Waals surface area contributed by atoms with Gasteiger partial charge in [-0.2, -0.15) is 5.26 Å². The van der Waals surface area contributed by atoms with E-state index in [1.165, 1.54) is 4.57 Å². The molecule has 0 saturated heterocycles. The van der Waals surface area contributed by atoms with Crippen molar-refractivity contribution in [1.29, 1.82) is 5.26 Å². The quantitative estimate of drug-likeness (QED) is 0.369. The summed E-state index contributed by atoms with van der Waals surface area (Å²) in [5.74, 6) is -0.622. The monoisotopic (exact) mass is 457 g/mol. The van der Waals surface area contributed by atoms with Gasteiger partial charge in [0.2, 0.25) is 0 Å². The molecule has 0 fully saturated rings. The number of rotatable bonds is 10. The Morgan fingerprint density at radius 3 is 2.47 bits per heavy atom. The molecule has 0 spiro atoms. The van der Waals surface area contributed by atoms with Crippen molar-refractivity contribution in [2.24, 2.45) is 0 Å². The number of hydrogen-bond acceptors (Lipinski definition) is 6. The molecule has 0 radical (unpaired) electrons. The maximum absolute atomic E-state index is 13.3. The number of carbonyl (C=O) groups is 1. The average molecular weight is 458 g/mol. The number of anilines is 1. The molecule has 3 aromatic rings. The van der Waals surface area contributed by atoms with Crippen molar-refractivity contribution in [1.82, 2.24) is 14.0 Å². The summed E-state index contributed by atoms with van der Waals surface area (Å²) >= 11 is 0. The molecule has 8 nitrogen and oxygen atoms in total. The molecule has 0 aliphatic carbocycles. The van der Waals surface area contributed by atoms with Crippen molar-refractivity contribution in [2.75, 3.05) is 18.8 Å². The number of nitriles is 1. The third kappa shape index (κ3) is 5.39. The Kier molecular flexibility index (Phi) is 7.96. The summed E-state index contributed by atoms with van der Waals surface area (Å²) in [5, 5.41) is 9.15. The van der Waals surface area contributed by atoms with E-state index >= 15 is 0 Å². The SMILES string of the molecule is C=CCN(CC(=O)c1c(N)n(Cc2ccccc2)c(=O)n(CC)c1=O)Cc1cccc(C#N)c1. The third-order valence-electron chi connectivity index (χ3n) is 5.46. The van der Waals surface area contributed by atoms with E-state index in [9.17, 15) is 14.4 Å². The van der Waals surface area contributed by atoms with Crippen molar-refractivity contribution in [3.63, 3.8) is 0 Å². The van der Waals surface area contributed by atoms with Crippen LogP contribution in [0.1, 0.15) is 34.0 Å². The number of aromatic nitrogens is 2. The number of nitrogen functional groups attached to an aromatic ring is 1. The second kappa shape index (κ2) is 11.1. The molecule has 0 saturated carbocycles. The molecule has 2 aromatic carbocycles. The van der Waals surface area contributed by atoms with Gasteiger partial charge in [-0.25, -0.2) is 4.79 Å². The molecular weight excluding hydrogens is 430 g/mol. The molecule has 174 valence electrons.